The average Bonchev–Trinajstić information content (AvgIpc) is 2.64. The summed E-state index contributed by atoms with van der Waals surface area (Å²) in [5, 5.41) is 11.6. The molecule has 1 heterocycles. The minimum atomic E-state index is -0.984. The maximum atomic E-state index is 11.9. The van der Waals surface area contributed by atoms with E-state index in [1.54, 1.807) is 17.8 Å². The standard InChI is InChI=1S/C12H17NO3S2/c1-7-6-10(18-8(7)2)11(14)13-9(12(15)16)4-5-17-3/h6,9H,4-5H2,1-3H3,(H,13,14)(H,15,16)/t9-/m1/s1. The molecule has 0 radical (unpaired) electrons. The summed E-state index contributed by atoms with van der Waals surface area (Å²) in [4.78, 5) is 24.6. The largest absolute Gasteiger partial charge is 0.480 e. The number of amides is 1. The third-order valence-electron chi connectivity index (χ3n) is 2.60. The molecule has 0 aromatic carbocycles. The van der Waals surface area contributed by atoms with Crippen molar-refractivity contribution in [3.63, 3.8) is 0 Å². The Hall–Kier alpha value is -1.01. The van der Waals surface area contributed by atoms with E-state index in [-0.39, 0.29) is 5.91 Å². The summed E-state index contributed by atoms with van der Waals surface area (Å²) in [5.41, 5.74) is 1.06. The van der Waals surface area contributed by atoms with Gasteiger partial charge in [-0.3, -0.25) is 4.79 Å². The Labute approximate surface area is 115 Å². The van der Waals surface area contributed by atoms with Crippen molar-refractivity contribution in [3.8, 4) is 0 Å². The summed E-state index contributed by atoms with van der Waals surface area (Å²) >= 11 is 2.95. The normalized spacial score (nSPS) is 12.2. The van der Waals surface area contributed by atoms with Gasteiger partial charge in [0.1, 0.15) is 6.04 Å². The molecule has 2 N–H and O–H groups in total. The molecule has 0 aliphatic carbocycles. The van der Waals surface area contributed by atoms with Gasteiger partial charge in [-0.25, -0.2) is 4.79 Å². The average molecular weight is 287 g/mol. The van der Waals surface area contributed by atoms with Crippen LogP contribution in [0.1, 0.15) is 26.5 Å². The number of thiophene rings is 1. The van der Waals surface area contributed by atoms with E-state index in [1.165, 1.54) is 11.3 Å². The third kappa shape index (κ3) is 4.03. The van der Waals surface area contributed by atoms with E-state index < -0.39 is 12.0 Å². The molecule has 0 saturated carbocycles. The summed E-state index contributed by atoms with van der Waals surface area (Å²) in [6, 6.07) is 0.982. The lowest BCUT2D eigenvalue weighted by atomic mass is 10.2. The van der Waals surface area contributed by atoms with E-state index in [0.29, 0.717) is 17.1 Å². The SMILES string of the molecule is CSCC[C@@H](NC(=O)c1cc(C)c(C)s1)C(=O)O. The van der Waals surface area contributed by atoms with Crippen LogP contribution in [0.2, 0.25) is 0 Å². The Balaban J connectivity index is 2.69. The molecule has 0 fully saturated rings. The van der Waals surface area contributed by atoms with E-state index in [4.69, 9.17) is 5.11 Å². The molecule has 100 valence electrons. The lowest BCUT2D eigenvalue weighted by molar-refractivity contribution is -0.139. The van der Waals surface area contributed by atoms with Crippen LogP contribution in [-0.4, -0.2) is 35.0 Å². The van der Waals surface area contributed by atoms with Crippen molar-refractivity contribution < 1.29 is 14.7 Å². The summed E-state index contributed by atoms with van der Waals surface area (Å²) in [5.74, 6) is -0.577. The van der Waals surface area contributed by atoms with Crippen molar-refractivity contribution in [2.45, 2.75) is 26.3 Å². The highest BCUT2D eigenvalue weighted by atomic mass is 32.2. The van der Waals surface area contributed by atoms with Crippen molar-refractivity contribution in [3.05, 3.63) is 21.4 Å². The van der Waals surface area contributed by atoms with Gasteiger partial charge >= 0.3 is 5.97 Å². The number of carboxylic acids is 1. The van der Waals surface area contributed by atoms with Gasteiger partial charge in [0.2, 0.25) is 0 Å². The first-order chi connectivity index (χ1) is 8.45. The van der Waals surface area contributed by atoms with Crippen molar-refractivity contribution in [2.24, 2.45) is 0 Å². The van der Waals surface area contributed by atoms with Gasteiger partial charge in [-0.15, -0.1) is 11.3 Å². The second-order valence-corrected chi connectivity index (χ2v) is 6.24. The quantitative estimate of drug-likeness (QED) is 0.842. The third-order valence-corrected chi connectivity index (χ3v) is 4.40. The fourth-order valence-electron chi connectivity index (χ4n) is 1.41. The zero-order valence-corrected chi connectivity index (χ0v) is 12.3. The molecule has 0 aliphatic rings. The van der Waals surface area contributed by atoms with E-state index in [9.17, 15) is 9.59 Å². The number of carbonyl (C=O) groups is 2. The smallest absolute Gasteiger partial charge is 0.326 e. The maximum Gasteiger partial charge on any atom is 0.326 e. The number of hydrogen-bond acceptors (Lipinski definition) is 4. The van der Waals surface area contributed by atoms with Crippen molar-refractivity contribution in [1.29, 1.82) is 0 Å². The molecule has 1 aromatic rings. The van der Waals surface area contributed by atoms with Crippen molar-refractivity contribution in [1.82, 2.24) is 5.32 Å². The molecule has 0 unspecified atom stereocenters. The number of nitrogens with one attached hydrogen (secondary N) is 1. The highest BCUT2D eigenvalue weighted by Crippen LogP contribution is 2.20. The molecule has 4 nitrogen and oxygen atoms in total. The number of rotatable bonds is 6. The van der Waals surface area contributed by atoms with Gasteiger partial charge in [0, 0.05) is 4.88 Å². The molecule has 1 rings (SSSR count). The number of carboxylic acid groups (broad SMARTS) is 1. The Morgan fingerprint density at radius 2 is 2.17 bits per heavy atom. The second-order valence-electron chi connectivity index (χ2n) is 4.00. The van der Waals surface area contributed by atoms with E-state index >= 15 is 0 Å². The van der Waals surface area contributed by atoms with Crippen LogP contribution in [0, 0.1) is 13.8 Å². The van der Waals surface area contributed by atoms with Crippen LogP contribution in [0.3, 0.4) is 0 Å². The highest BCUT2D eigenvalue weighted by Gasteiger charge is 2.21. The molecule has 1 aromatic heterocycles. The predicted octanol–water partition coefficient (Wildman–Crippen LogP) is 2.30. The molecular formula is C12H17NO3S2. The molecule has 0 saturated heterocycles. The van der Waals surface area contributed by atoms with Crippen LogP contribution in [0.15, 0.2) is 6.07 Å². The number of carbonyl (C=O) groups excluding carboxylic acids is 1. The predicted molar refractivity (Wildman–Crippen MR) is 75.7 cm³/mol. The number of aliphatic carboxylic acids is 1. The Bertz CT molecular complexity index is 423. The molecule has 6 heteroatoms. The first kappa shape index (κ1) is 15.0. The van der Waals surface area contributed by atoms with Gasteiger partial charge in [-0.05, 0) is 43.9 Å². The molecular weight excluding hydrogens is 270 g/mol. The van der Waals surface area contributed by atoms with E-state index in [0.717, 1.165) is 10.4 Å². The molecule has 0 aliphatic heterocycles. The van der Waals surface area contributed by atoms with Crippen molar-refractivity contribution in [2.75, 3.05) is 12.0 Å². The minimum Gasteiger partial charge on any atom is -0.480 e. The van der Waals surface area contributed by atoms with Gasteiger partial charge in [0.25, 0.3) is 5.91 Å². The fraction of sp³-hybridized carbons (Fsp3) is 0.500. The number of thioether (sulfide) groups is 1. The minimum absolute atomic E-state index is 0.301. The molecule has 0 spiro atoms. The molecule has 0 bridgehead atoms. The lowest BCUT2D eigenvalue weighted by Crippen LogP contribution is -2.40. The van der Waals surface area contributed by atoms with Gasteiger partial charge in [0.05, 0.1) is 4.88 Å². The van der Waals surface area contributed by atoms with E-state index in [1.807, 2.05) is 20.1 Å². The zero-order chi connectivity index (χ0) is 13.7. The van der Waals surface area contributed by atoms with Crippen molar-refractivity contribution >= 4 is 35.0 Å². The van der Waals surface area contributed by atoms with Crippen LogP contribution in [-0.2, 0) is 4.79 Å². The lowest BCUT2D eigenvalue weighted by Gasteiger charge is -2.12. The molecule has 1 atom stereocenters. The maximum absolute atomic E-state index is 11.9. The van der Waals surface area contributed by atoms with Gasteiger partial charge in [-0.2, -0.15) is 11.8 Å². The monoisotopic (exact) mass is 287 g/mol. The first-order valence-corrected chi connectivity index (χ1v) is 7.76. The van der Waals surface area contributed by atoms with Crippen LogP contribution >= 0.6 is 23.1 Å². The summed E-state index contributed by atoms with van der Waals surface area (Å²) in [6.45, 7) is 3.88. The highest BCUT2D eigenvalue weighted by molar-refractivity contribution is 7.98. The van der Waals surface area contributed by atoms with Crippen LogP contribution in [0.5, 0.6) is 0 Å². The Morgan fingerprint density at radius 3 is 2.61 bits per heavy atom. The van der Waals surface area contributed by atoms with Crippen LogP contribution < -0.4 is 5.32 Å². The van der Waals surface area contributed by atoms with Crippen LogP contribution in [0.4, 0.5) is 0 Å². The summed E-state index contributed by atoms with van der Waals surface area (Å²) < 4.78 is 0. The first-order valence-electron chi connectivity index (χ1n) is 5.55. The van der Waals surface area contributed by atoms with Gasteiger partial charge < -0.3 is 10.4 Å². The van der Waals surface area contributed by atoms with Gasteiger partial charge in [-0.1, -0.05) is 0 Å². The van der Waals surface area contributed by atoms with Crippen LogP contribution in [0.25, 0.3) is 0 Å². The molecule has 18 heavy (non-hydrogen) atoms. The van der Waals surface area contributed by atoms with E-state index in [2.05, 4.69) is 5.32 Å². The number of aryl methyl sites for hydroxylation is 2. The van der Waals surface area contributed by atoms with Gasteiger partial charge in [0.15, 0.2) is 0 Å². The topological polar surface area (TPSA) is 66.4 Å². The zero-order valence-electron chi connectivity index (χ0n) is 10.6. The Morgan fingerprint density at radius 1 is 1.50 bits per heavy atom. The summed E-state index contributed by atoms with van der Waals surface area (Å²) in [6.07, 6.45) is 2.35. The molecule has 1 amide bonds. The number of hydrogen-bond donors (Lipinski definition) is 2. The second kappa shape index (κ2) is 6.80. The fourth-order valence-corrected chi connectivity index (χ4v) is 2.82. The summed E-state index contributed by atoms with van der Waals surface area (Å²) in [7, 11) is 0. The Kier molecular flexibility index (Phi) is 5.68.